The van der Waals surface area contributed by atoms with E-state index in [1.165, 1.54) is 12.1 Å². The molecule has 0 amide bonds. The molecule has 13 heavy (non-hydrogen) atoms. The zero-order valence-corrected chi connectivity index (χ0v) is 7.77. The Morgan fingerprint density at radius 2 is 2.08 bits per heavy atom. The Bertz CT molecular complexity index is 468. The van der Waals surface area contributed by atoms with Gasteiger partial charge in [-0.3, -0.25) is 0 Å². The largest absolute Gasteiger partial charge is 0.244 e. The summed E-state index contributed by atoms with van der Waals surface area (Å²) in [6.07, 6.45) is 1.62. The smallest absolute Gasteiger partial charge is 0.136 e. The van der Waals surface area contributed by atoms with Gasteiger partial charge < -0.3 is 0 Å². The maximum Gasteiger partial charge on any atom is 0.136 e. The zero-order valence-electron chi connectivity index (χ0n) is 7.01. The molecule has 0 aliphatic rings. The van der Waals surface area contributed by atoms with Gasteiger partial charge in [0.2, 0.25) is 0 Å². The Balaban J connectivity index is 2.94. The predicted octanol–water partition coefficient (Wildman–Crippen LogP) is 3.34. The van der Waals surface area contributed by atoms with Crippen molar-refractivity contribution in [3.05, 3.63) is 40.9 Å². The fourth-order valence-electron chi connectivity index (χ4n) is 1.39. The maximum absolute atomic E-state index is 13.0. The van der Waals surface area contributed by atoms with Gasteiger partial charge in [-0.25, -0.2) is 9.37 Å². The number of aryl methyl sites for hydroxylation is 1. The SMILES string of the molecule is Cc1cc(F)cc2c(Cl)nccc12. The summed E-state index contributed by atoms with van der Waals surface area (Å²) in [6.45, 7) is 1.85. The quantitative estimate of drug-likeness (QED) is 0.588. The van der Waals surface area contributed by atoms with E-state index in [-0.39, 0.29) is 5.82 Å². The first kappa shape index (κ1) is 8.45. The van der Waals surface area contributed by atoms with Crippen LogP contribution >= 0.6 is 11.6 Å². The number of nitrogens with zero attached hydrogens (tertiary/aromatic N) is 1. The third kappa shape index (κ3) is 1.38. The van der Waals surface area contributed by atoms with Gasteiger partial charge in [0.25, 0.3) is 0 Å². The minimum Gasteiger partial charge on any atom is -0.244 e. The molecule has 0 N–H and O–H groups in total. The molecule has 2 rings (SSSR count). The molecule has 1 aromatic carbocycles. The molecular weight excluding hydrogens is 189 g/mol. The first-order valence-corrected chi connectivity index (χ1v) is 4.26. The average molecular weight is 196 g/mol. The Morgan fingerprint density at radius 1 is 1.31 bits per heavy atom. The minimum atomic E-state index is -0.278. The lowest BCUT2D eigenvalue weighted by atomic mass is 10.1. The summed E-state index contributed by atoms with van der Waals surface area (Å²) >= 11 is 5.82. The molecule has 0 spiro atoms. The fraction of sp³-hybridized carbons (Fsp3) is 0.100. The van der Waals surface area contributed by atoms with Gasteiger partial charge in [-0.15, -0.1) is 0 Å². The van der Waals surface area contributed by atoms with Crippen LogP contribution < -0.4 is 0 Å². The summed E-state index contributed by atoms with van der Waals surface area (Å²) in [5.74, 6) is -0.278. The van der Waals surface area contributed by atoms with Gasteiger partial charge in [-0.1, -0.05) is 11.6 Å². The molecule has 0 unspecified atom stereocenters. The monoisotopic (exact) mass is 195 g/mol. The van der Waals surface area contributed by atoms with Crippen LogP contribution in [0.25, 0.3) is 10.8 Å². The molecule has 0 bridgehead atoms. The third-order valence-corrected chi connectivity index (χ3v) is 2.30. The highest BCUT2D eigenvalue weighted by molar-refractivity contribution is 6.34. The number of aromatic nitrogens is 1. The fourth-order valence-corrected chi connectivity index (χ4v) is 1.61. The Kier molecular flexibility index (Phi) is 1.93. The van der Waals surface area contributed by atoms with Crippen LogP contribution in [0.3, 0.4) is 0 Å². The van der Waals surface area contributed by atoms with Crippen LogP contribution in [-0.2, 0) is 0 Å². The summed E-state index contributed by atoms with van der Waals surface area (Å²) in [7, 11) is 0. The Hall–Kier alpha value is -1.15. The zero-order chi connectivity index (χ0) is 9.42. The first-order valence-electron chi connectivity index (χ1n) is 3.89. The van der Waals surface area contributed by atoms with Crippen molar-refractivity contribution in [2.75, 3.05) is 0 Å². The number of halogens is 2. The van der Waals surface area contributed by atoms with Crippen LogP contribution in [0.5, 0.6) is 0 Å². The van der Waals surface area contributed by atoms with Crippen molar-refractivity contribution in [2.24, 2.45) is 0 Å². The molecule has 0 saturated carbocycles. The molecule has 0 atom stereocenters. The summed E-state index contributed by atoms with van der Waals surface area (Å²) in [4.78, 5) is 3.89. The van der Waals surface area contributed by atoms with E-state index in [9.17, 15) is 4.39 Å². The van der Waals surface area contributed by atoms with Crippen molar-refractivity contribution in [1.82, 2.24) is 4.98 Å². The van der Waals surface area contributed by atoms with Crippen LogP contribution in [0.15, 0.2) is 24.4 Å². The van der Waals surface area contributed by atoms with E-state index in [1.807, 2.05) is 13.0 Å². The number of pyridine rings is 1. The van der Waals surface area contributed by atoms with E-state index in [1.54, 1.807) is 6.20 Å². The van der Waals surface area contributed by atoms with Gasteiger partial charge in [0.05, 0.1) is 0 Å². The van der Waals surface area contributed by atoms with Crippen LogP contribution in [0.2, 0.25) is 5.15 Å². The molecule has 0 radical (unpaired) electrons. The second kappa shape index (κ2) is 2.96. The molecule has 1 heterocycles. The summed E-state index contributed by atoms with van der Waals surface area (Å²) in [6, 6.07) is 4.71. The topological polar surface area (TPSA) is 12.9 Å². The summed E-state index contributed by atoms with van der Waals surface area (Å²) in [5, 5.41) is 1.96. The molecule has 0 fully saturated rings. The van der Waals surface area contributed by atoms with Crippen molar-refractivity contribution < 1.29 is 4.39 Å². The van der Waals surface area contributed by atoms with Gasteiger partial charge in [0, 0.05) is 11.6 Å². The van der Waals surface area contributed by atoms with E-state index in [0.29, 0.717) is 10.5 Å². The Labute approximate surface area is 80.2 Å². The van der Waals surface area contributed by atoms with E-state index in [0.717, 1.165) is 10.9 Å². The van der Waals surface area contributed by atoms with Crippen LogP contribution in [0.1, 0.15) is 5.56 Å². The Morgan fingerprint density at radius 3 is 2.85 bits per heavy atom. The predicted molar refractivity (Wildman–Crippen MR) is 51.4 cm³/mol. The lowest BCUT2D eigenvalue weighted by Crippen LogP contribution is -1.84. The normalized spacial score (nSPS) is 10.7. The van der Waals surface area contributed by atoms with Crippen LogP contribution in [0, 0.1) is 12.7 Å². The number of benzene rings is 1. The molecule has 0 saturated heterocycles. The van der Waals surface area contributed by atoms with E-state index in [4.69, 9.17) is 11.6 Å². The molecule has 2 aromatic rings. The van der Waals surface area contributed by atoms with Crippen LogP contribution in [0.4, 0.5) is 4.39 Å². The molecular formula is C10H7ClFN. The number of hydrogen-bond donors (Lipinski definition) is 0. The van der Waals surface area contributed by atoms with Crippen molar-refractivity contribution in [3.8, 4) is 0 Å². The van der Waals surface area contributed by atoms with Gasteiger partial charge in [0.15, 0.2) is 0 Å². The van der Waals surface area contributed by atoms with Crippen molar-refractivity contribution >= 4 is 22.4 Å². The van der Waals surface area contributed by atoms with Gasteiger partial charge >= 0.3 is 0 Å². The second-order valence-corrected chi connectivity index (χ2v) is 3.28. The lowest BCUT2D eigenvalue weighted by Gasteiger charge is -2.02. The average Bonchev–Trinajstić information content (AvgIpc) is 2.07. The van der Waals surface area contributed by atoms with Gasteiger partial charge in [0.1, 0.15) is 11.0 Å². The van der Waals surface area contributed by atoms with E-state index < -0.39 is 0 Å². The highest BCUT2D eigenvalue weighted by Gasteiger charge is 2.03. The summed E-state index contributed by atoms with van der Waals surface area (Å²) < 4.78 is 13.0. The van der Waals surface area contributed by atoms with Gasteiger partial charge in [-0.05, 0) is 36.1 Å². The highest BCUT2D eigenvalue weighted by atomic mass is 35.5. The molecule has 1 nitrogen and oxygen atoms in total. The summed E-state index contributed by atoms with van der Waals surface area (Å²) in [5.41, 5.74) is 0.874. The van der Waals surface area contributed by atoms with Crippen molar-refractivity contribution in [1.29, 1.82) is 0 Å². The molecule has 1 aromatic heterocycles. The molecule has 3 heteroatoms. The second-order valence-electron chi connectivity index (χ2n) is 2.92. The van der Waals surface area contributed by atoms with E-state index in [2.05, 4.69) is 4.98 Å². The molecule has 66 valence electrons. The van der Waals surface area contributed by atoms with Crippen molar-refractivity contribution in [3.63, 3.8) is 0 Å². The molecule has 0 aliphatic carbocycles. The number of fused-ring (bicyclic) bond motifs is 1. The standard InChI is InChI=1S/C10H7ClFN/c1-6-4-7(12)5-9-8(6)2-3-13-10(9)11/h2-5H,1H3. The number of hydrogen-bond acceptors (Lipinski definition) is 1. The minimum absolute atomic E-state index is 0.278. The maximum atomic E-state index is 13.0. The number of rotatable bonds is 0. The van der Waals surface area contributed by atoms with E-state index >= 15 is 0 Å². The van der Waals surface area contributed by atoms with Crippen LogP contribution in [-0.4, -0.2) is 4.98 Å². The lowest BCUT2D eigenvalue weighted by molar-refractivity contribution is 0.628. The third-order valence-electron chi connectivity index (χ3n) is 2.00. The first-order chi connectivity index (χ1) is 6.18. The van der Waals surface area contributed by atoms with Crippen molar-refractivity contribution in [2.45, 2.75) is 6.92 Å². The molecule has 0 aliphatic heterocycles. The highest BCUT2D eigenvalue weighted by Crippen LogP contribution is 2.24. The van der Waals surface area contributed by atoms with Gasteiger partial charge in [-0.2, -0.15) is 0 Å².